The molecule has 0 radical (unpaired) electrons. The minimum Gasteiger partial charge on any atom is -0.496 e. The van der Waals surface area contributed by atoms with Crippen molar-refractivity contribution in [1.82, 2.24) is 0 Å². The second-order valence-corrected chi connectivity index (χ2v) is 2.44. The first kappa shape index (κ1) is 9.31. The predicted octanol–water partition coefficient (Wildman–Crippen LogP) is 0.515. The van der Waals surface area contributed by atoms with Gasteiger partial charge in [-0.05, 0) is 6.07 Å². The van der Waals surface area contributed by atoms with Crippen LogP contribution in [0.4, 0.5) is 10.1 Å². The molecule has 0 aliphatic rings. The maximum Gasteiger partial charge on any atom is 0.252 e. The zero-order chi connectivity index (χ0) is 10.0. The smallest absolute Gasteiger partial charge is 0.252 e. The number of carbonyl (C=O) groups is 1. The van der Waals surface area contributed by atoms with Crippen LogP contribution in [0.1, 0.15) is 10.4 Å². The van der Waals surface area contributed by atoms with E-state index in [4.69, 9.17) is 16.2 Å². The normalized spacial score (nSPS) is 9.69. The molecule has 0 unspecified atom stereocenters. The molecule has 0 aliphatic heterocycles. The van der Waals surface area contributed by atoms with Crippen molar-refractivity contribution in [2.24, 2.45) is 5.73 Å². The molecular formula is C8H9FN2O2. The number of carbonyl (C=O) groups excluding carboxylic acids is 1. The molecule has 0 bridgehead atoms. The summed E-state index contributed by atoms with van der Waals surface area (Å²) in [6, 6.07) is 2.17. The molecule has 0 spiro atoms. The van der Waals surface area contributed by atoms with Gasteiger partial charge in [0.05, 0.1) is 18.4 Å². The number of amides is 1. The summed E-state index contributed by atoms with van der Waals surface area (Å²) < 4.78 is 17.6. The van der Waals surface area contributed by atoms with Gasteiger partial charge in [-0.3, -0.25) is 4.79 Å². The molecule has 0 atom stereocenters. The highest BCUT2D eigenvalue weighted by molar-refractivity contribution is 5.96. The molecule has 0 saturated carbocycles. The van der Waals surface area contributed by atoms with E-state index in [0.717, 1.165) is 12.1 Å². The molecule has 1 amide bonds. The highest BCUT2D eigenvalue weighted by Gasteiger charge is 2.12. The second-order valence-electron chi connectivity index (χ2n) is 2.44. The third-order valence-electron chi connectivity index (χ3n) is 1.58. The SMILES string of the molecule is COc1cc(F)c(N)cc1C(N)=O. The van der Waals surface area contributed by atoms with Crippen molar-refractivity contribution in [3.8, 4) is 5.75 Å². The van der Waals surface area contributed by atoms with Crippen LogP contribution in [0.3, 0.4) is 0 Å². The number of primary amides is 1. The Labute approximate surface area is 74.3 Å². The summed E-state index contributed by atoms with van der Waals surface area (Å²) in [6.07, 6.45) is 0. The fourth-order valence-electron chi connectivity index (χ4n) is 0.933. The van der Waals surface area contributed by atoms with Gasteiger partial charge in [0.1, 0.15) is 11.6 Å². The minimum atomic E-state index is -0.705. The van der Waals surface area contributed by atoms with Crippen molar-refractivity contribution in [2.75, 3.05) is 12.8 Å². The van der Waals surface area contributed by atoms with Crippen molar-refractivity contribution in [3.05, 3.63) is 23.5 Å². The zero-order valence-corrected chi connectivity index (χ0v) is 7.00. The molecule has 4 N–H and O–H groups in total. The lowest BCUT2D eigenvalue weighted by Crippen LogP contribution is -2.13. The molecule has 70 valence electrons. The highest BCUT2D eigenvalue weighted by atomic mass is 19.1. The molecule has 1 aromatic carbocycles. The van der Waals surface area contributed by atoms with Gasteiger partial charge in [0.25, 0.3) is 5.91 Å². The van der Waals surface area contributed by atoms with E-state index < -0.39 is 11.7 Å². The molecule has 5 heteroatoms. The van der Waals surface area contributed by atoms with Gasteiger partial charge < -0.3 is 16.2 Å². The molecular weight excluding hydrogens is 175 g/mol. The van der Waals surface area contributed by atoms with Crippen LogP contribution in [-0.2, 0) is 0 Å². The lowest BCUT2D eigenvalue weighted by molar-refractivity contribution is 0.0997. The highest BCUT2D eigenvalue weighted by Crippen LogP contribution is 2.23. The van der Waals surface area contributed by atoms with Gasteiger partial charge in [0, 0.05) is 6.07 Å². The maximum absolute atomic E-state index is 12.9. The summed E-state index contributed by atoms with van der Waals surface area (Å²) >= 11 is 0. The number of nitrogen functional groups attached to an aromatic ring is 1. The number of anilines is 1. The zero-order valence-electron chi connectivity index (χ0n) is 7.00. The van der Waals surface area contributed by atoms with E-state index in [0.29, 0.717) is 0 Å². The molecule has 1 aromatic rings. The van der Waals surface area contributed by atoms with E-state index in [2.05, 4.69) is 0 Å². The molecule has 0 aliphatic carbocycles. The van der Waals surface area contributed by atoms with Crippen LogP contribution in [0.2, 0.25) is 0 Å². The van der Waals surface area contributed by atoms with Crippen LogP contribution in [0.25, 0.3) is 0 Å². The Hall–Kier alpha value is -1.78. The molecule has 1 rings (SSSR count). The van der Waals surface area contributed by atoms with E-state index in [-0.39, 0.29) is 17.0 Å². The quantitative estimate of drug-likeness (QED) is 0.657. The topological polar surface area (TPSA) is 78.3 Å². The third kappa shape index (κ3) is 1.69. The maximum atomic E-state index is 12.9. The van der Waals surface area contributed by atoms with Gasteiger partial charge in [-0.15, -0.1) is 0 Å². The van der Waals surface area contributed by atoms with Crippen LogP contribution >= 0.6 is 0 Å². The van der Waals surface area contributed by atoms with Crippen molar-refractivity contribution in [3.63, 3.8) is 0 Å². The van der Waals surface area contributed by atoms with Gasteiger partial charge >= 0.3 is 0 Å². The van der Waals surface area contributed by atoms with Crippen LogP contribution in [0.15, 0.2) is 12.1 Å². The van der Waals surface area contributed by atoms with Crippen molar-refractivity contribution in [2.45, 2.75) is 0 Å². The Balaban J connectivity index is 3.33. The van der Waals surface area contributed by atoms with E-state index >= 15 is 0 Å². The Morgan fingerprint density at radius 2 is 2.15 bits per heavy atom. The second kappa shape index (κ2) is 3.30. The van der Waals surface area contributed by atoms with Gasteiger partial charge in [0.2, 0.25) is 0 Å². The first-order chi connectivity index (χ1) is 6.06. The third-order valence-corrected chi connectivity index (χ3v) is 1.58. The molecule has 0 saturated heterocycles. The van der Waals surface area contributed by atoms with E-state index in [1.54, 1.807) is 0 Å². The summed E-state index contributed by atoms with van der Waals surface area (Å²) in [5, 5.41) is 0. The number of hydrogen-bond acceptors (Lipinski definition) is 3. The van der Waals surface area contributed by atoms with Gasteiger partial charge in [-0.25, -0.2) is 4.39 Å². The molecule has 13 heavy (non-hydrogen) atoms. The predicted molar refractivity (Wildman–Crippen MR) is 45.9 cm³/mol. The van der Waals surface area contributed by atoms with Crippen molar-refractivity contribution >= 4 is 11.6 Å². The Morgan fingerprint density at radius 1 is 1.54 bits per heavy atom. The minimum absolute atomic E-state index is 0.0707. The van der Waals surface area contributed by atoms with E-state index in [1.165, 1.54) is 7.11 Å². The summed E-state index contributed by atoms with van der Waals surface area (Å²) in [6.45, 7) is 0. The summed E-state index contributed by atoms with van der Waals surface area (Å²) in [5.74, 6) is -1.26. The standard InChI is InChI=1S/C8H9FN2O2/c1-13-7-3-5(9)6(10)2-4(7)8(11)12/h2-3H,10H2,1H3,(H2,11,12). The largest absolute Gasteiger partial charge is 0.496 e. The Morgan fingerprint density at radius 3 is 2.62 bits per heavy atom. The number of methoxy groups -OCH3 is 1. The monoisotopic (exact) mass is 184 g/mol. The number of rotatable bonds is 2. The van der Waals surface area contributed by atoms with E-state index in [9.17, 15) is 9.18 Å². The Bertz CT molecular complexity index is 352. The molecule has 0 heterocycles. The number of nitrogens with two attached hydrogens (primary N) is 2. The van der Waals surface area contributed by atoms with Crippen molar-refractivity contribution < 1.29 is 13.9 Å². The molecule has 0 fully saturated rings. The van der Waals surface area contributed by atoms with Gasteiger partial charge in [0.15, 0.2) is 0 Å². The van der Waals surface area contributed by atoms with Gasteiger partial charge in [-0.2, -0.15) is 0 Å². The number of halogens is 1. The van der Waals surface area contributed by atoms with Crippen LogP contribution in [0, 0.1) is 5.82 Å². The Kier molecular flexibility index (Phi) is 2.36. The molecule has 4 nitrogen and oxygen atoms in total. The fraction of sp³-hybridized carbons (Fsp3) is 0.125. The first-order valence-corrected chi connectivity index (χ1v) is 3.49. The summed E-state index contributed by atoms with van der Waals surface area (Å²) in [4.78, 5) is 10.8. The number of benzene rings is 1. The summed E-state index contributed by atoms with van der Waals surface area (Å²) in [7, 11) is 1.32. The molecule has 0 aromatic heterocycles. The number of ether oxygens (including phenoxy) is 1. The average molecular weight is 184 g/mol. The van der Waals surface area contributed by atoms with Crippen LogP contribution in [0.5, 0.6) is 5.75 Å². The van der Waals surface area contributed by atoms with Crippen molar-refractivity contribution in [1.29, 1.82) is 0 Å². The first-order valence-electron chi connectivity index (χ1n) is 3.49. The van der Waals surface area contributed by atoms with Crippen LogP contribution in [-0.4, -0.2) is 13.0 Å². The average Bonchev–Trinajstić information content (AvgIpc) is 2.08. The summed E-state index contributed by atoms with van der Waals surface area (Å²) in [5.41, 5.74) is 10.2. The van der Waals surface area contributed by atoms with Gasteiger partial charge in [-0.1, -0.05) is 0 Å². The lowest BCUT2D eigenvalue weighted by Gasteiger charge is -2.06. The van der Waals surface area contributed by atoms with Crippen LogP contribution < -0.4 is 16.2 Å². The van der Waals surface area contributed by atoms with E-state index in [1.807, 2.05) is 0 Å². The number of hydrogen-bond donors (Lipinski definition) is 2. The fourth-order valence-corrected chi connectivity index (χ4v) is 0.933. The lowest BCUT2D eigenvalue weighted by atomic mass is 10.1.